The molecule has 0 aliphatic carbocycles. The molecule has 1 nitrogen and oxygen atoms in total. The SMILES string of the molecule is C=CC(CCC)(CCC)CCCN(C)C. The summed E-state index contributed by atoms with van der Waals surface area (Å²) in [6.45, 7) is 9.81. The topological polar surface area (TPSA) is 3.24 Å². The van der Waals surface area contributed by atoms with E-state index in [1.54, 1.807) is 0 Å². The number of nitrogens with zero attached hydrogens (tertiary/aromatic N) is 1. The molecule has 0 aromatic carbocycles. The molecule has 0 bridgehead atoms. The van der Waals surface area contributed by atoms with Gasteiger partial charge in [-0.05, 0) is 51.7 Å². The van der Waals surface area contributed by atoms with Gasteiger partial charge >= 0.3 is 0 Å². The highest BCUT2D eigenvalue weighted by Crippen LogP contribution is 2.36. The summed E-state index contributed by atoms with van der Waals surface area (Å²) >= 11 is 0. The molecule has 0 aliphatic heterocycles. The molecule has 0 aliphatic rings. The molecule has 0 heterocycles. The fraction of sp³-hybridized carbons (Fsp3) is 0.857. The van der Waals surface area contributed by atoms with Crippen molar-refractivity contribution in [1.29, 1.82) is 0 Å². The number of hydrogen-bond donors (Lipinski definition) is 0. The van der Waals surface area contributed by atoms with Gasteiger partial charge < -0.3 is 4.90 Å². The standard InChI is InChI=1S/C14H29N/c1-6-10-14(8-3,11-7-2)12-9-13-15(4)5/h8H,3,6-7,9-13H2,1-2,4-5H3. The van der Waals surface area contributed by atoms with Gasteiger partial charge in [-0.15, -0.1) is 6.58 Å². The third-order valence-corrected chi connectivity index (χ3v) is 3.21. The molecule has 0 radical (unpaired) electrons. The van der Waals surface area contributed by atoms with Crippen molar-refractivity contribution < 1.29 is 0 Å². The lowest BCUT2D eigenvalue weighted by molar-refractivity contribution is 0.265. The Bertz CT molecular complexity index is 155. The van der Waals surface area contributed by atoms with Gasteiger partial charge in [0.25, 0.3) is 0 Å². The Kier molecular flexibility index (Phi) is 7.76. The third kappa shape index (κ3) is 5.99. The van der Waals surface area contributed by atoms with Crippen LogP contribution in [0, 0.1) is 5.41 Å². The maximum atomic E-state index is 4.05. The molecule has 15 heavy (non-hydrogen) atoms. The summed E-state index contributed by atoms with van der Waals surface area (Å²) in [5, 5.41) is 0. The van der Waals surface area contributed by atoms with Crippen molar-refractivity contribution in [3.05, 3.63) is 12.7 Å². The molecule has 0 fully saturated rings. The molecule has 0 aromatic heterocycles. The third-order valence-electron chi connectivity index (χ3n) is 3.21. The van der Waals surface area contributed by atoms with Gasteiger partial charge in [-0.3, -0.25) is 0 Å². The van der Waals surface area contributed by atoms with Crippen molar-refractivity contribution in [3.63, 3.8) is 0 Å². The Hall–Kier alpha value is -0.300. The zero-order valence-corrected chi connectivity index (χ0v) is 11.2. The molecule has 90 valence electrons. The van der Waals surface area contributed by atoms with Crippen LogP contribution >= 0.6 is 0 Å². The normalized spacial score (nSPS) is 12.1. The van der Waals surface area contributed by atoms with Gasteiger partial charge in [-0.1, -0.05) is 32.8 Å². The van der Waals surface area contributed by atoms with E-state index in [1.807, 2.05) is 0 Å². The van der Waals surface area contributed by atoms with Crippen molar-refractivity contribution in [2.75, 3.05) is 20.6 Å². The number of rotatable bonds is 9. The number of allylic oxidation sites excluding steroid dienone is 1. The van der Waals surface area contributed by atoms with Gasteiger partial charge in [0.15, 0.2) is 0 Å². The van der Waals surface area contributed by atoms with Crippen molar-refractivity contribution in [2.45, 2.75) is 52.4 Å². The van der Waals surface area contributed by atoms with E-state index in [0.717, 1.165) is 0 Å². The smallest absolute Gasteiger partial charge is 0.00245 e. The first kappa shape index (κ1) is 14.7. The highest BCUT2D eigenvalue weighted by Gasteiger charge is 2.23. The van der Waals surface area contributed by atoms with Crippen molar-refractivity contribution in [3.8, 4) is 0 Å². The van der Waals surface area contributed by atoms with Gasteiger partial charge in [0.1, 0.15) is 0 Å². The second-order valence-corrected chi connectivity index (χ2v) is 4.97. The van der Waals surface area contributed by atoms with Crippen LogP contribution < -0.4 is 0 Å². The molecule has 0 saturated heterocycles. The molecule has 0 spiro atoms. The Morgan fingerprint density at radius 1 is 1.07 bits per heavy atom. The van der Waals surface area contributed by atoms with E-state index in [2.05, 4.69) is 45.5 Å². The Morgan fingerprint density at radius 2 is 1.60 bits per heavy atom. The minimum Gasteiger partial charge on any atom is -0.309 e. The van der Waals surface area contributed by atoms with E-state index in [9.17, 15) is 0 Å². The molecule has 0 saturated carbocycles. The number of hydrogen-bond acceptors (Lipinski definition) is 1. The van der Waals surface area contributed by atoms with Gasteiger partial charge in [0.2, 0.25) is 0 Å². The van der Waals surface area contributed by atoms with Crippen LogP contribution in [0.3, 0.4) is 0 Å². The molecule has 0 unspecified atom stereocenters. The van der Waals surface area contributed by atoms with E-state index < -0.39 is 0 Å². The van der Waals surface area contributed by atoms with Crippen LogP contribution in [-0.2, 0) is 0 Å². The van der Waals surface area contributed by atoms with Crippen LogP contribution in [0.25, 0.3) is 0 Å². The van der Waals surface area contributed by atoms with E-state index in [-0.39, 0.29) is 0 Å². The maximum Gasteiger partial charge on any atom is -0.00245 e. The first-order chi connectivity index (χ1) is 7.10. The Balaban J connectivity index is 4.14. The molecular weight excluding hydrogens is 182 g/mol. The lowest BCUT2D eigenvalue weighted by Gasteiger charge is -2.30. The summed E-state index contributed by atoms with van der Waals surface area (Å²) in [5.74, 6) is 0. The fourth-order valence-electron chi connectivity index (χ4n) is 2.42. The van der Waals surface area contributed by atoms with Gasteiger partial charge in [-0.25, -0.2) is 0 Å². The van der Waals surface area contributed by atoms with Crippen LogP contribution in [0.2, 0.25) is 0 Å². The van der Waals surface area contributed by atoms with E-state index >= 15 is 0 Å². The second kappa shape index (κ2) is 7.92. The van der Waals surface area contributed by atoms with E-state index in [1.165, 1.54) is 45.1 Å². The molecule has 1 heteroatoms. The minimum atomic E-state index is 0.416. The maximum absolute atomic E-state index is 4.05. The van der Waals surface area contributed by atoms with Crippen LogP contribution in [0.5, 0.6) is 0 Å². The molecule has 0 aromatic rings. The van der Waals surface area contributed by atoms with Crippen LogP contribution in [0.15, 0.2) is 12.7 Å². The first-order valence-electron chi connectivity index (χ1n) is 6.38. The highest BCUT2D eigenvalue weighted by molar-refractivity contribution is 4.94. The predicted molar refractivity (Wildman–Crippen MR) is 70.2 cm³/mol. The second-order valence-electron chi connectivity index (χ2n) is 4.97. The average molecular weight is 211 g/mol. The quantitative estimate of drug-likeness (QED) is 0.519. The molecule has 0 amide bonds. The van der Waals surface area contributed by atoms with E-state index in [4.69, 9.17) is 0 Å². The summed E-state index contributed by atoms with van der Waals surface area (Å²) in [4.78, 5) is 2.27. The summed E-state index contributed by atoms with van der Waals surface area (Å²) in [6.07, 6.45) is 9.96. The predicted octanol–water partition coefficient (Wildman–Crippen LogP) is 4.10. The lowest BCUT2D eigenvalue weighted by Crippen LogP contribution is -2.21. The van der Waals surface area contributed by atoms with E-state index in [0.29, 0.717) is 5.41 Å². The van der Waals surface area contributed by atoms with Crippen molar-refractivity contribution >= 4 is 0 Å². The van der Waals surface area contributed by atoms with Gasteiger partial charge in [0, 0.05) is 0 Å². The molecule has 0 atom stereocenters. The highest BCUT2D eigenvalue weighted by atomic mass is 15.0. The zero-order valence-electron chi connectivity index (χ0n) is 11.2. The summed E-state index contributed by atoms with van der Waals surface area (Å²) in [6, 6.07) is 0. The van der Waals surface area contributed by atoms with Crippen molar-refractivity contribution in [2.24, 2.45) is 5.41 Å². The average Bonchev–Trinajstić information content (AvgIpc) is 2.17. The molecular formula is C14H29N. The monoisotopic (exact) mass is 211 g/mol. The van der Waals surface area contributed by atoms with Crippen molar-refractivity contribution in [1.82, 2.24) is 4.90 Å². The van der Waals surface area contributed by atoms with Gasteiger partial charge in [-0.2, -0.15) is 0 Å². The fourth-order valence-corrected chi connectivity index (χ4v) is 2.42. The van der Waals surface area contributed by atoms with Crippen LogP contribution in [0.1, 0.15) is 52.4 Å². The van der Waals surface area contributed by atoms with Gasteiger partial charge in [0.05, 0.1) is 0 Å². The Labute approximate surface area is 96.6 Å². The summed E-state index contributed by atoms with van der Waals surface area (Å²) in [5.41, 5.74) is 0.416. The summed E-state index contributed by atoms with van der Waals surface area (Å²) < 4.78 is 0. The molecule has 0 N–H and O–H groups in total. The lowest BCUT2D eigenvalue weighted by atomic mass is 9.76. The zero-order chi connectivity index (χ0) is 11.7. The molecule has 0 rings (SSSR count). The summed E-state index contributed by atoms with van der Waals surface area (Å²) in [7, 11) is 4.30. The van der Waals surface area contributed by atoms with Crippen LogP contribution in [-0.4, -0.2) is 25.5 Å². The Morgan fingerprint density at radius 3 is 1.93 bits per heavy atom. The first-order valence-corrected chi connectivity index (χ1v) is 6.38. The minimum absolute atomic E-state index is 0.416. The van der Waals surface area contributed by atoms with Crippen LogP contribution in [0.4, 0.5) is 0 Å². The largest absolute Gasteiger partial charge is 0.309 e.